The van der Waals surface area contributed by atoms with Gasteiger partial charge < -0.3 is 20.1 Å². The van der Waals surface area contributed by atoms with Gasteiger partial charge in [-0.25, -0.2) is 0 Å². The number of nitrogens with zero attached hydrogens (tertiary/aromatic N) is 1. The number of ether oxygens (including phenoxy) is 2. The number of likely N-dealkylation sites (tertiary alicyclic amines) is 1. The molecule has 0 unspecified atom stereocenters. The van der Waals surface area contributed by atoms with Crippen molar-refractivity contribution in [3.8, 4) is 11.5 Å². The molecule has 24 heavy (non-hydrogen) atoms. The van der Waals surface area contributed by atoms with Gasteiger partial charge in [0, 0.05) is 11.6 Å². The molecule has 1 aliphatic heterocycles. The van der Waals surface area contributed by atoms with E-state index in [0.717, 1.165) is 11.1 Å². The molecule has 0 aliphatic carbocycles. The SMILES string of the molecule is COc1ccc(CN2C(=O)[C@@H](N)[C@@H]2c2ccccc2Cl)cc1OC. The smallest absolute Gasteiger partial charge is 0.242 e. The van der Waals surface area contributed by atoms with Crippen molar-refractivity contribution in [2.45, 2.75) is 18.6 Å². The van der Waals surface area contributed by atoms with E-state index in [4.69, 9.17) is 26.8 Å². The minimum atomic E-state index is -0.565. The van der Waals surface area contributed by atoms with Gasteiger partial charge in [0.15, 0.2) is 11.5 Å². The maximum Gasteiger partial charge on any atom is 0.242 e. The maximum atomic E-state index is 12.2. The quantitative estimate of drug-likeness (QED) is 0.845. The van der Waals surface area contributed by atoms with Crippen LogP contribution in [0.25, 0.3) is 0 Å². The number of nitrogens with two attached hydrogens (primary N) is 1. The van der Waals surface area contributed by atoms with Crippen LogP contribution in [0.5, 0.6) is 11.5 Å². The number of halogens is 1. The van der Waals surface area contributed by atoms with Crippen LogP contribution in [-0.2, 0) is 11.3 Å². The lowest BCUT2D eigenvalue weighted by Crippen LogP contribution is -2.62. The van der Waals surface area contributed by atoms with Crippen LogP contribution in [0.3, 0.4) is 0 Å². The van der Waals surface area contributed by atoms with Gasteiger partial charge in [0.2, 0.25) is 5.91 Å². The summed E-state index contributed by atoms with van der Waals surface area (Å²) in [5.41, 5.74) is 7.82. The summed E-state index contributed by atoms with van der Waals surface area (Å²) in [5, 5.41) is 0.614. The lowest BCUT2D eigenvalue weighted by atomic mass is 9.88. The molecule has 2 aromatic rings. The summed E-state index contributed by atoms with van der Waals surface area (Å²) in [6.07, 6.45) is 0. The lowest BCUT2D eigenvalue weighted by molar-refractivity contribution is -0.150. The summed E-state index contributed by atoms with van der Waals surface area (Å²) in [6.45, 7) is 0.433. The average molecular weight is 347 g/mol. The third-order valence-electron chi connectivity index (χ3n) is 4.27. The maximum absolute atomic E-state index is 12.2. The highest BCUT2D eigenvalue weighted by molar-refractivity contribution is 6.31. The zero-order chi connectivity index (χ0) is 17.3. The number of hydrogen-bond donors (Lipinski definition) is 1. The molecule has 1 aliphatic rings. The molecule has 1 heterocycles. The Morgan fingerprint density at radius 2 is 1.83 bits per heavy atom. The first kappa shape index (κ1) is 16.6. The molecule has 1 amide bonds. The van der Waals surface area contributed by atoms with Crippen molar-refractivity contribution in [2.24, 2.45) is 5.73 Å². The van der Waals surface area contributed by atoms with E-state index in [0.29, 0.717) is 23.1 Å². The Labute approximate surface area is 145 Å². The number of carbonyl (C=O) groups excluding carboxylic acids is 1. The Hall–Kier alpha value is -2.24. The normalized spacial score (nSPS) is 19.8. The molecule has 1 saturated heterocycles. The fraction of sp³-hybridized carbons (Fsp3) is 0.278. The van der Waals surface area contributed by atoms with Gasteiger partial charge in [0.05, 0.1) is 20.3 Å². The van der Waals surface area contributed by atoms with Crippen molar-refractivity contribution in [1.29, 1.82) is 0 Å². The molecule has 2 atom stereocenters. The highest BCUT2D eigenvalue weighted by Gasteiger charge is 2.46. The van der Waals surface area contributed by atoms with E-state index in [-0.39, 0.29) is 11.9 Å². The zero-order valence-corrected chi connectivity index (χ0v) is 14.3. The van der Waals surface area contributed by atoms with Crippen LogP contribution in [0.2, 0.25) is 5.02 Å². The fourth-order valence-corrected chi connectivity index (χ4v) is 3.25. The molecule has 0 saturated carbocycles. The van der Waals surface area contributed by atoms with Crippen LogP contribution in [0.4, 0.5) is 0 Å². The van der Waals surface area contributed by atoms with Gasteiger partial charge in [0.1, 0.15) is 6.04 Å². The van der Waals surface area contributed by atoms with E-state index in [1.165, 1.54) is 0 Å². The molecule has 0 radical (unpaired) electrons. The second-order valence-electron chi connectivity index (χ2n) is 5.65. The molecule has 3 rings (SSSR count). The van der Waals surface area contributed by atoms with E-state index >= 15 is 0 Å². The first-order valence-corrected chi connectivity index (χ1v) is 7.96. The van der Waals surface area contributed by atoms with E-state index < -0.39 is 6.04 Å². The summed E-state index contributed by atoms with van der Waals surface area (Å²) in [5.74, 6) is 1.19. The van der Waals surface area contributed by atoms with Crippen LogP contribution in [0.1, 0.15) is 17.2 Å². The molecule has 2 N–H and O–H groups in total. The average Bonchev–Trinajstić information content (AvgIpc) is 2.62. The number of amides is 1. The predicted molar refractivity (Wildman–Crippen MR) is 92.3 cm³/mol. The highest BCUT2D eigenvalue weighted by Crippen LogP contribution is 2.39. The number of hydrogen-bond acceptors (Lipinski definition) is 4. The van der Waals surface area contributed by atoms with E-state index in [2.05, 4.69) is 0 Å². The molecule has 0 aromatic heterocycles. The Morgan fingerprint density at radius 1 is 1.12 bits per heavy atom. The molecule has 0 spiro atoms. The van der Waals surface area contributed by atoms with Gasteiger partial charge >= 0.3 is 0 Å². The van der Waals surface area contributed by atoms with Crippen LogP contribution in [-0.4, -0.2) is 31.1 Å². The summed E-state index contributed by atoms with van der Waals surface area (Å²) in [6, 6.07) is 12.3. The largest absolute Gasteiger partial charge is 0.493 e. The Bertz CT molecular complexity index is 766. The van der Waals surface area contributed by atoms with Crippen LogP contribution < -0.4 is 15.2 Å². The summed E-state index contributed by atoms with van der Waals surface area (Å²) in [7, 11) is 3.17. The highest BCUT2D eigenvalue weighted by atomic mass is 35.5. The third-order valence-corrected chi connectivity index (χ3v) is 4.61. The second-order valence-corrected chi connectivity index (χ2v) is 6.05. The van der Waals surface area contributed by atoms with Gasteiger partial charge in [-0.05, 0) is 29.3 Å². The second kappa shape index (κ2) is 6.71. The predicted octanol–water partition coefficient (Wildman–Crippen LogP) is 2.77. The number of benzene rings is 2. The minimum Gasteiger partial charge on any atom is -0.493 e. The zero-order valence-electron chi connectivity index (χ0n) is 13.5. The van der Waals surface area contributed by atoms with Gasteiger partial charge in [0.25, 0.3) is 0 Å². The minimum absolute atomic E-state index is 0.0882. The Balaban J connectivity index is 1.86. The first-order valence-electron chi connectivity index (χ1n) is 7.58. The van der Waals surface area contributed by atoms with Gasteiger partial charge in [-0.15, -0.1) is 0 Å². The molecular weight excluding hydrogens is 328 g/mol. The Kier molecular flexibility index (Phi) is 4.64. The number of carbonyl (C=O) groups is 1. The number of β-lactam (4-membered cyclic amide) rings is 1. The molecule has 6 heteroatoms. The molecule has 1 fully saturated rings. The molecule has 0 bridgehead atoms. The van der Waals surface area contributed by atoms with Crippen LogP contribution in [0.15, 0.2) is 42.5 Å². The van der Waals surface area contributed by atoms with Crippen molar-refractivity contribution in [1.82, 2.24) is 4.90 Å². The molecule has 5 nitrogen and oxygen atoms in total. The van der Waals surface area contributed by atoms with Crippen LogP contribution in [0, 0.1) is 0 Å². The number of rotatable bonds is 5. The van der Waals surface area contributed by atoms with Crippen molar-refractivity contribution < 1.29 is 14.3 Å². The standard InChI is InChI=1S/C18H19ClN2O3/c1-23-14-8-7-11(9-15(14)24-2)10-21-17(16(20)18(21)22)12-5-3-4-6-13(12)19/h3-9,16-17H,10,20H2,1-2H3/t16-,17-/m0/s1. The van der Waals surface area contributed by atoms with Gasteiger partial charge in [-0.1, -0.05) is 35.9 Å². The van der Waals surface area contributed by atoms with Crippen molar-refractivity contribution in [2.75, 3.05) is 14.2 Å². The van der Waals surface area contributed by atoms with Gasteiger partial charge in [-0.2, -0.15) is 0 Å². The van der Waals surface area contributed by atoms with E-state index in [9.17, 15) is 4.79 Å². The molecule has 126 valence electrons. The first-order chi connectivity index (χ1) is 11.6. The van der Waals surface area contributed by atoms with Crippen LogP contribution >= 0.6 is 11.6 Å². The monoisotopic (exact) mass is 346 g/mol. The number of methoxy groups -OCH3 is 2. The van der Waals surface area contributed by atoms with Crippen molar-refractivity contribution in [3.63, 3.8) is 0 Å². The summed E-state index contributed by atoms with van der Waals surface area (Å²) in [4.78, 5) is 14.0. The third kappa shape index (κ3) is 2.81. The summed E-state index contributed by atoms with van der Waals surface area (Å²) < 4.78 is 10.6. The van der Waals surface area contributed by atoms with E-state index in [1.54, 1.807) is 25.2 Å². The summed E-state index contributed by atoms with van der Waals surface area (Å²) >= 11 is 6.27. The molecule has 2 aromatic carbocycles. The van der Waals surface area contributed by atoms with Gasteiger partial charge in [-0.3, -0.25) is 4.79 Å². The van der Waals surface area contributed by atoms with Crippen molar-refractivity contribution >= 4 is 17.5 Å². The van der Waals surface area contributed by atoms with E-state index in [1.807, 2.05) is 36.4 Å². The topological polar surface area (TPSA) is 64.8 Å². The molecular formula is C18H19ClN2O3. The Morgan fingerprint density at radius 3 is 2.50 bits per heavy atom. The fourth-order valence-electron chi connectivity index (χ4n) is 3.00. The van der Waals surface area contributed by atoms with Crippen molar-refractivity contribution in [3.05, 3.63) is 58.6 Å². The lowest BCUT2D eigenvalue weighted by Gasteiger charge is -2.46.